The lowest BCUT2D eigenvalue weighted by Gasteiger charge is -2.22. The molecule has 0 aromatic heterocycles. The Hall–Kier alpha value is -2.89. The zero-order chi connectivity index (χ0) is 19.4. The van der Waals surface area contributed by atoms with Gasteiger partial charge in [0.15, 0.2) is 6.61 Å². The molecule has 142 valence electrons. The highest BCUT2D eigenvalue weighted by molar-refractivity contribution is 5.92. The number of hydrogen-bond donors (Lipinski definition) is 0. The molecule has 5 nitrogen and oxygen atoms in total. The maximum absolute atomic E-state index is 13.9. The molecular formula is C21H22FNO4. The fraction of sp³-hybridized carbons (Fsp3) is 0.333. The second-order valence-corrected chi connectivity index (χ2v) is 6.60. The minimum Gasteiger partial charge on any atom is -0.496 e. The Morgan fingerprint density at radius 1 is 1.19 bits per heavy atom. The number of ether oxygens (including phenoxy) is 2. The number of carbonyl (C=O) groups excluding carboxylic acids is 2. The monoisotopic (exact) mass is 371 g/mol. The summed E-state index contributed by atoms with van der Waals surface area (Å²) in [6.45, 7) is 1.67. The highest BCUT2D eigenvalue weighted by Crippen LogP contribution is 2.29. The Morgan fingerprint density at radius 3 is 2.59 bits per heavy atom. The van der Waals surface area contributed by atoms with Crippen LogP contribution in [0.5, 0.6) is 5.75 Å². The fourth-order valence-corrected chi connectivity index (χ4v) is 2.86. The van der Waals surface area contributed by atoms with Gasteiger partial charge in [0.2, 0.25) is 0 Å². The molecular weight excluding hydrogens is 349 g/mol. The van der Waals surface area contributed by atoms with E-state index in [9.17, 15) is 14.0 Å². The van der Waals surface area contributed by atoms with Crippen molar-refractivity contribution in [2.24, 2.45) is 0 Å². The maximum atomic E-state index is 13.9. The van der Waals surface area contributed by atoms with Crippen LogP contribution >= 0.6 is 0 Å². The van der Waals surface area contributed by atoms with Crippen molar-refractivity contribution < 1.29 is 23.5 Å². The van der Waals surface area contributed by atoms with Gasteiger partial charge in [-0.2, -0.15) is 0 Å². The van der Waals surface area contributed by atoms with Crippen molar-refractivity contribution >= 4 is 11.9 Å². The number of hydrogen-bond acceptors (Lipinski definition) is 4. The summed E-state index contributed by atoms with van der Waals surface area (Å²) in [5.74, 6) is -0.689. The van der Waals surface area contributed by atoms with Gasteiger partial charge in [-0.3, -0.25) is 4.79 Å². The van der Waals surface area contributed by atoms with E-state index in [2.05, 4.69) is 0 Å². The van der Waals surface area contributed by atoms with E-state index in [1.54, 1.807) is 41.3 Å². The van der Waals surface area contributed by atoms with E-state index in [-0.39, 0.29) is 30.9 Å². The lowest BCUT2D eigenvalue weighted by molar-refractivity contribution is -0.135. The Kier molecular flexibility index (Phi) is 5.74. The second kappa shape index (κ2) is 8.20. The summed E-state index contributed by atoms with van der Waals surface area (Å²) in [5.41, 5.74) is 1.67. The number of esters is 1. The highest BCUT2D eigenvalue weighted by Gasteiger charge is 2.33. The molecule has 0 heterocycles. The van der Waals surface area contributed by atoms with Crippen LogP contribution < -0.4 is 4.74 Å². The zero-order valence-electron chi connectivity index (χ0n) is 15.4. The van der Waals surface area contributed by atoms with Crippen LogP contribution in [0.25, 0.3) is 0 Å². The average Bonchev–Trinajstić information content (AvgIpc) is 3.50. The summed E-state index contributed by atoms with van der Waals surface area (Å²) in [7, 11) is 1.52. The van der Waals surface area contributed by atoms with Gasteiger partial charge in [0.1, 0.15) is 11.6 Å². The maximum Gasteiger partial charge on any atom is 0.338 e. The topological polar surface area (TPSA) is 55.8 Å². The number of methoxy groups -OCH3 is 1. The number of benzene rings is 2. The molecule has 0 atom stereocenters. The highest BCUT2D eigenvalue weighted by atomic mass is 19.1. The molecule has 27 heavy (non-hydrogen) atoms. The summed E-state index contributed by atoms with van der Waals surface area (Å²) in [4.78, 5) is 26.4. The number of aryl methyl sites for hydroxylation is 1. The molecule has 1 fully saturated rings. The number of rotatable bonds is 7. The molecule has 1 saturated carbocycles. The third-order valence-corrected chi connectivity index (χ3v) is 4.58. The Balaban J connectivity index is 1.63. The summed E-state index contributed by atoms with van der Waals surface area (Å²) in [6.07, 6.45) is 1.76. The fourth-order valence-electron chi connectivity index (χ4n) is 2.86. The lowest BCUT2D eigenvalue weighted by Crippen LogP contribution is -2.36. The largest absolute Gasteiger partial charge is 0.496 e. The van der Waals surface area contributed by atoms with Gasteiger partial charge in [0.25, 0.3) is 5.91 Å². The predicted octanol–water partition coefficient (Wildman–Crippen LogP) is 3.49. The molecule has 1 amide bonds. The van der Waals surface area contributed by atoms with Crippen molar-refractivity contribution in [3.05, 3.63) is 65.0 Å². The molecule has 0 unspecified atom stereocenters. The zero-order valence-corrected chi connectivity index (χ0v) is 15.4. The first kappa shape index (κ1) is 18.9. The van der Waals surface area contributed by atoms with Crippen molar-refractivity contribution in [1.29, 1.82) is 0 Å². The van der Waals surface area contributed by atoms with Crippen LogP contribution in [0.2, 0.25) is 0 Å². The van der Waals surface area contributed by atoms with E-state index in [0.29, 0.717) is 16.9 Å². The smallest absolute Gasteiger partial charge is 0.338 e. The van der Waals surface area contributed by atoms with Crippen LogP contribution in [0.15, 0.2) is 42.5 Å². The van der Waals surface area contributed by atoms with Crippen molar-refractivity contribution in [2.75, 3.05) is 13.7 Å². The molecule has 0 radical (unpaired) electrons. The lowest BCUT2D eigenvalue weighted by atomic mass is 10.1. The van der Waals surface area contributed by atoms with Gasteiger partial charge in [-0.05, 0) is 43.5 Å². The minimum absolute atomic E-state index is 0.0790. The Labute approximate surface area is 157 Å². The molecule has 0 spiro atoms. The van der Waals surface area contributed by atoms with Gasteiger partial charge in [-0.25, -0.2) is 9.18 Å². The van der Waals surface area contributed by atoms with Crippen molar-refractivity contribution in [2.45, 2.75) is 32.4 Å². The van der Waals surface area contributed by atoms with Crippen LogP contribution in [0.4, 0.5) is 4.39 Å². The summed E-state index contributed by atoms with van der Waals surface area (Å²) >= 11 is 0. The first-order valence-electron chi connectivity index (χ1n) is 8.84. The molecule has 1 aliphatic rings. The van der Waals surface area contributed by atoms with Gasteiger partial charge in [-0.1, -0.05) is 24.3 Å². The molecule has 0 N–H and O–H groups in total. The van der Waals surface area contributed by atoms with Crippen LogP contribution in [-0.4, -0.2) is 36.5 Å². The summed E-state index contributed by atoms with van der Waals surface area (Å²) in [6, 6.07) is 11.4. The van der Waals surface area contributed by atoms with E-state index in [4.69, 9.17) is 9.47 Å². The van der Waals surface area contributed by atoms with Crippen molar-refractivity contribution in [3.8, 4) is 5.75 Å². The quantitative estimate of drug-likeness (QED) is 0.699. The van der Waals surface area contributed by atoms with E-state index in [0.717, 1.165) is 18.4 Å². The van der Waals surface area contributed by atoms with E-state index >= 15 is 0 Å². The molecule has 1 aliphatic carbocycles. The van der Waals surface area contributed by atoms with E-state index in [1.807, 2.05) is 6.92 Å². The molecule has 0 aliphatic heterocycles. The minimum atomic E-state index is -0.594. The van der Waals surface area contributed by atoms with Gasteiger partial charge in [-0.15, -0.1) is 0 Å². The molecule has 2 aromatic carbocycles. The molecule has 2 aromatic rings. The first-order valence-corrected chi connectivity index (χ1v) is 8.84. The van der Waals surface area contributed by atoms with Gasteiger partial charge < -0.3 is 14.4 Å². The van der Waals surface area contributed by atoms with Gasteiger partial charge in [0.05, 0.1) is 12.7 Å². The number of carbonyl (C=O) groups is 2. The van der Waals surface area contributed by atoms with Gasteiger partial charge in [0, 0.05) is 18.2 Å². The van der Waals surface area contributed by atoms with E-state index in [1.165, 1.54) is 13.2 Å². The summed E-state index contributed by atoms with van der Waals surface area (Å²) < 4.78 is 24.3. The normalized spacial score (nSPS) is 13.1. The van der Waals surface area contributed by atoms with Crippen LogP contribution in [-0.2, 0) is 16.1 Å². The second-order valence-electron chi connectivity index (χ2n) is 6.60. The van der Waals surface area contributed by atoms with E-state index < -0.39 is 5.97 Å². The number of amides is 1. The average molecular weight is 371 g/mol. The number of halogens is 1. The van der Waals surface area contributed by atoms with Gasteiger partial charge >= 0.3 is 5.97 Å². The molecule has 3 rings (SSSR count). The van der Waals surface area contributed by atoms with Crippen molar-refractivity contribution in [1.82, 2.24) is 4.90 Å². The third-order valence-electron chi connectivity index (χ3n) is 4.58. The van der Waals surface area contributed by atoms with Crippen LogP contribution in [0, 0.1) is 12.7 Å². The SMILES string of the molecule is COc1cc(C(=O)OCC(=O)N(Cc2ccccc2F)C2CC2)ccc1C. The Bertz CT molecular complexity index is 848. The van der Waals surface area contributed by atoms with Crippen LogP contribution in [0.3, 0.4) is 0 Å². The van der Waals surface area contributed by atoms with Crippen LogP contribution in [0.1, 0.15) is 34.3 Å². The predicted molar refractivity (Wildman–Crippen MR) is 98.0 cm³/mol. The number of nitrogens with zero attached hydrogens (tertiary/aromatic N) is 1. The molecule has 6 heteroatoms. The summed E-state index contributed by atoms with van der Waals surface area (Å²) in [5, 5.41) is 0. The van der Waals surface area contributed by atoms with Crippen molar-refractivity contribution in [3.63, 3.8) is 0 Å². The standard InChI is InChI=1S/C21H22FNO4/c1-14-7-8-15(11-19(14)26-2)21(25)27-13-20(24)23(17-9-10-17)12-16-5-3-4-6-18(16)22/h3-8,11,17H,9-10,12-13H2,1-2H3. The third kappa shape index (κ3) is 4.64. The molecule has 0 bridgehead atoms. The first-order chi connectivity index (χ1) is 13.0. The Morgan fingerprint density at radius 2 is 1.93 bits per heavy atom. The molecule has 0 saturated heterocycles.